The van der Waals surface area contributed by atoms with Gasteiger partial charge in [-0.1, -0.05) is 30.3 Å². The van der Waals surface area contributed by atoms with Crippen molar-refractivity contribution < 1.29 is 14.3 Å². The number of amides is 1. The van der Waals surface area contributed by atoms with E-state index < -0.39 is 5.97 Å². The molecule has 0 bridgehead atoms. The van der Waals surface area contributed by atoms with Gasteiger partial charge in [0.25, 0.3) is 11.5 Å². The molecule has 1 amide bonds. The van der Waals surface area contributed by atoms with Gasteiger partial charge in [0.2, 0.25) is 0 Å². The Balaban J connectivity index is 1.62. The third-order valence-electron chi connectivity index (χ3n) is 5.35. The van der Waals surface area contributed by atoms with Crippen molar-refractivity contribution in [2.45, 2.75) is 13.0 Å². The zero-order valence-electron chi connectivity index (χ0n) is 18.0. The second kappa shape index (κ2) is 9.22. The topological polar surface area (TPSA) is 93.2 Å². The molecule has 0 fully saturated rings. The Morgan fingerprint density at radius 1 is 1.00 bits per heavy atom. The maximum absolute atomic E-state index is 13.1. The SMILES string of the molecule is COC(=O)c1ccc2c(=O)n(-c3ccc(C(=O)N[C@H](C)c4ccccc4)cc3)c(=S)[nH]c2c1. The number of carbonyl (C=O) groups excluding carboxylic acids is 2. The van der Waals surface area contributed by atoms with Crippen molar-refractivity contribution in [2.24, 2.45) is 0 Å². The Morgan fingerprint density at radius 3 is 2.33 bits per heavy atom. The molecule has 4 rings (SSSR count). The molecule has 166 valence electrons. The fourth-order valence-corrected chi connectivity index (χ4v) is 3.86. The van der Waals surface area contributed by atoms with Gasteiger partial charge in [-0.2, -0.15) is 0 Å². The summed E-state index contributed by atoms with van der Waals surface area (Å²) in [5.41, 5.74) is 2.41. The number of rotatable bonds is 5. The highest BCUT2D eigenvalue weighted by atomic mass is 32.1. The number of aromatic nitrogens is 2. The number of methoxy groups -OCH3 is 1. The maximum atomic E-state index is 13.1. The summed E-state index contributed by atoms with van der Waals surface area (Å²) in [4.78, 5) is 40.5. The highest BCUT2D eigenvalue weighted by molar-refractivity contribution is 7.71. The van der Waals surface area contributed by atoms with E-state index in [4.69, 9.17) is 17.0 Å². The minimum Gasteiger partial charge on any atom is -0.465 e. The van der Waals surface area contributed by atoms with Gasteiger partial charge in [0.05, 0.1) is 35.3 Å². The number of nitrogens with zero attached hydrogens (tertiary/aromatic N) is 1. The smallest absolute Gasteiger partial charge is 0.337 e. The van der Waals surface area contributed by atoms with E-state index in [-0.39, 0.29) is 22.3 Å². The van der Waals surface area contributed by atoms with E-state index in [1.54, 1.807) is 30.3 Å². The van der Waals surface area contributed by atoms with Crippen LogP contribution >= 0.6 is 12.2 Å². The molecule has 0 aliphatic rings. The quantitative estimate of drug-likeness (QED) is 0.342. The van der Waals surface area contributed by atoms with Gasteiger partial charge in [-0.05, 0) is 67.2 Å². The second-order valence-corrected chi connectivity index (χ2v) is 7.86. The summed E-state index contributed by atoms with van der Waals surface area (Å²) < 4.78 is 6.25. The van der Waals surface area contributed by atoms with E-state index in [0.717, 1.165) is 5.56 Å². The third kappa shape index (κ3) is 4.47. The normalized spacial score (nSPS) is 11.7. The number of aromatic amines is 1. The standard InChI is InChI=1S/C25H21N3O4S/c1-15(16-6-4-3-5-7-16)26-22(29)17-8-11-19(12-9-17)28-23(30)20-13-10-18(24(31)32-2)14-21(20)27-25(28)33/h3-15H,1-2H3,(H,26,29)(H,27,33)/t15-/m1/s1. The van der Waals surface area contributed by atoms with Crippen molar-refractivity contribution in [3.8, 4) is 5.69 Å². The van der Waals surface area contributed by atoms with Gasteiger partial charge in [-0.25, -0.2) is 4.79 Å². The number of nitrogens with one attached hydrogen (secondary N) is 2. The average Bonchev–Trinajstić information content (AvgIpc) is 2.84. The van der Waals surface area contributed by atoms with Gasteiger partial charge in [0.15, 0.2) is 4.77 Å². The fourth-order valence-electron chi connectivity index (χ4n) is 3.56. The predicted molar refractivity (Wildman–Crippen MR) is 128 cm³/mol. The lowest BCUT2D eigenvalue weighted by molar-refractivity contribution is 0.0600. The number of hydrogen-bond acceptors (Lipinski definition) is 5. The third-order valence-corrected chi connectivity index (χ3v) is 5.64. The Kier molecular flexibility index (Phi) is 6.19. The minimum atomic E-state index is -0.504. The maximum Gasteiger partial charge on any atom is 0.337 e. The largest absolute Gasteiger partial charge is 0.465 e. The van der Waals surface area contributed by atoms with Crippen LogP contribution in [-0.2, 0) is 4.74 Å². The van der Waals surface area contributed by atoms with E-state index in [1.807, 2.05) is 37.3 Å². The first-order valence-electron chi connectivity index (χ1n) is 10.2. The molecule has 0 radical (unpaired) electrons. The van der Waals surface area contributed by atoms with Crippen molar-refractivity contribution in [3.05, 3.63) is 105 Å². The zero-order chi connectivity index (χ0) is 23.5. The molecule has 4 aromatic rings. The Bertz CT molecular complexity index is 1460. The van der Waals surface area contributed by atoms with Crippen LogP contribution in [0.25, 0.3) is 16.6 Å². The van der Waals surface area contributed by atoms with E-state index in [9.17, 15) is 14.4 Å². The van der Waals surface area contributed by atoms with E-state index in [1.165, 1.54) is 23.8 Å². The Hall–Kier alpha value is -4.04. The van der Waals surface area contributed by atoms with Crippen molar-refractivity contribution in [1.29, 1.82) is 0 Å². The van der Waals surface area contributed by atoms with Gasteiger partial charge >= 0.3 is 5.97 Å². The molecule has 0 spiro atoms. The highest BCUT2D eigenvalue weighted by Crippen LogP contribution is 2.16. The van der Waals surface area contributed by atoms with Crippen LogP contribution in [0.5, 0.6) is 0 Å². The van der Waals surface area contributed by atoms with Crippen molar-refractivity contribution >= 4 is 35.0 Å². The molecule has 0 saturated carbocycles. The highest BCUT2D eigenvalue weighted by Gasteiger charge is 2.14. The molecule has 0 aliphatic heterocycles. The molecule has 1 atom stereocenters. The first-order valence-corrected chi connectivity index (χ1v) is 10.6. The van der Waals surface area contributed by atoms with E-state index in [0.29, 0.717) is 27.7 Å². The van der Waals surface area contributed by atoms with Crippen LogP contribution < -0.4 is 10.9 Å². The number of benzene rings is 3. The van der Waals surface area contributed by atoms with Gasteiger partial charge < -0.3 is 15.0 Å². The lowest BCUT2D eigenvalue weighted by Crippen LogP contribution is -2.26. The van der Waals surface area contributed by atoms with Crippen LogP contribution in [-0.4, -0.2) is 28.5 Å². The zero-order valence-corrected chi connectivity index (χ0v) is 18.8. The van der Waals surface area contributed by atoms with Crippen molar-refractivity contribution in [3.63, 3.8) is 0 Å². The summed E-state index contributed by atoms with van der Waals surface area (Å²) in [6, 6.07) is 20.8. The summed E-state index contributed by atoms with van der Waals surface area (Å²) in [6.45, 7) is 1.92. The van der Waals surface area contributed by atoms with Crippen LogP contribution in [0.2, 0.25) is 0 Å². The molecule has 1 heterocycles. The molecule has 2 N–H and O–H groups in total. The average molecular weight is 460 g/mol. The van der Waals surface area contributed by atoms with E-state index >= 15 is 0 Å². The molecule has 1 aromatic heterocycles. The van der Waals surface area contributed by atoms with Crippen LogP contribution in [0.15, 0.2) is 77.6 Å². The fraction of sp³-hybridized carbons (Fsp3) is 0.120. The summed E-state index contributed by atoms with van der Waals surface area (Å²) >= 11 is 5.39. The van der Waals surface area contributed by atoms with Gasteiger partial charge in [-0.15, -0.1) is 0 Å². The van der Waals surface area contributed by atoms with Crippen LogP contribution in [0.4, 0.5) is 0 Å². The summed E-state index contributed by atoms with van der Waals surface area (Å²) in [6.07, 6.45) is 0. The molecule has 8 heteroatoms. The van der Waals surface area contributed by atoms with Crippen LogP contribution in [0, 0.1) is 4.77 Å². The molecule has 0 saturated heterocycles. The van der Waals surface area contributed by atoms with Crippen molar-refractivity contribution in [1.82, 2.24) is 14.9 Å². The monoisotopic (exact) mass is 459 g/mol. The number of H-pyrrole nitrogens is 1. The Labute approximate surface area is 194 Å². The second-order valence-electron chi connectivity index (χ2n) is 7.48. The number of carbonyl (C=O) groups is 2. The first kappa shape index (κ1) is 22.2. The first-order chi connectivity index (χ1) is 15.9. The van der Waals surface area contributed by atoms with Crippen molar-refractivity contribution in [2.75, 3.05) is 7.11 Å². The van der Waals surface area contributed by atoms with Crippen LogP contribution in [0.1, 0.15) is 39.2 Å². The molecular weight excluding hydrogens is 438 g/mol. The number of esters is 1. The molecule has 7 nitrogen and oxygen atoms in total. The van der Waals surface area contributed by atoms with Gasteiger partial charge in [-0.3, -0.25) is 14.2 Å². The molecule has 3 aromatic carbocycles. The Morgan fingerprint density at radius 2 is 1.67 bits per heavy atom. The minimum absolute atomic E-state index is 0.148. The summed E-state index contributed by atoms with van der Waals surface area (Å²) in [7, 11) is 1.29. The molecule has 0 aliphatic carbocycles. The molecule has 0 unspecified atom stereocenters. The molecule has 33 heavy (non-hydrogen) atoms. The number of ether oxygens (including phenoxy) is 1. The van der Waals surface area contributed by atoms with Crippen LogP contribution in [0.3, 0.4) is 0 Å². The van der Waals surface area contributed by atoms with E-state index in [2.05, 4.69) is 10.3 Å². The number of hydrogen-bond donors (Lipinski definition) is 2. The van der Waals surface area contributed by atoms with Gasteiger partial charge in [0.1, 0.15) is 0 Å². The van der Waals surface area contributed by atoms with Gasteiger partial charge in [0, 0.05) is 5.56 Å². The summed E-state index contributed by atoms with van der Waals surface area (Å²) in [5.74, 6) is -0.722. The lowest BCUT2D eigenvalue weighted by Gasteiger charge is -2.15. The number of fused-ring (bicyclic) bond motifs is 1. The summed E-state index contributed by atoms with van der Waals surface area (Å²) in [5, 5.41) is 3.34. The lowest BCUT2D eigenvalue weighted by atomic mass is 10.1. The predicted octanol–water partition coefficient (Wildman–Crippen LogP) is 4.33. The molecular formula is C25H21N3O4S.